The molecular weight excluding hydrogens is 290 g/mol. The second kappa shape index (κ2) is 7.26. The summed E-state index contributed by atoms with van der Waals surface area (Å²) in [5, 5.41) is 12.9. The number of Topliss-reactive ketones (excluding diaryl/α,β-unsaturated/α-hetero) is 1. The third-order valence-electron chi connectivity index (χ3n) is 5.46. The Balaban J connectivity index is 1.63. The molecule has 3 rings (SSSR count). The Hall–Kier alpha value is -1.68. The summed E-state index contributed by atoms with van der Waals surface area (Å²) in [7, 11) is 0. The molecule has 0 radical (unpaired) electrons. The van der Waals surface area contributed by atoms with Gasteiger partial charge >= 0.3 is 5.97 Å². The van der Waals surface area contributed by atoms with E-state index in [4.69, 9.17) is 0 Å². The molecule has 4 atom stereocenters. The van der Waals surface area contributed by atoms with Crippen molar-refractivity contribution in [3.8, 4) is 0 Å². The third kappa shape index (κ3) is 3.81. The Kier molecular flexibility index (Phi) is 5.11. The lowest BCUT2D eigenvalue weighted by Gasteiger charge is -2.28. The Morgan fingerprint density at radius 1 is 1.17 bits per heavy atom. The van der Waals surface area contributed by atoms with Gasteiger partial charge in [-0.2, -0.15) is 0 Å². The van der Waals surface area contributed by atoms with Gasteiger partial charge in [0.15, 0.2) is 5.78 Å². The zero-order chi connectivity index (χ0) is 16.2. The first-order valence-electron chi connectivity index (χ1n) is 8.68. The number of rotatable bonds is 6. The smallest absolute Gasteiger partial charge is 0.307 e. The van der Waals surface area contributed by atoms with Crippen LogP contribution in [0.25, 0.3) is 0 Å². The van der Waals surface area contributed by atoms with Crippen LogP contribution in [0.3, 0.4) is 0 Å². The fourth-order valence-corrected chi connectivity index (χ4v) is 4.23. The van der Waals surface area contributed by atoms with Crippen molar-refractivity contribution in [2.45, 2.75) is 44.6 Å². The lowest BCUT2D eigenvalue weighted by Crippen LogP contribution is -2.38. The minimum Gasteiger partial charge on any atom is -0.481 e. The lowest BCUT2D eigenvalue weighted by molar-refractivity contribution is -0.144. The van der Waals surface area contributed by atoms with Crippen molar-refractivity contribution in [1.82, 2.24) is 5.32 Å². The van der Waals surface area contributed by atoms with Crippen LogP contribution >= 0.6 is 0 Å². The molecule has 1 aliphatic heterocycles. The fraction of sp³-hybridized carbons (Fsp3) is 0.579. The molecule has 1 saturated carbocycles. The van der Waals surface area contributed by atoms with Crippen molar-refractivity contribution >= 4 is 11.8 Å². The van der Waals surface area contributed by atoms with E-state index in [2.05, 4.69) is 5.32 Å². The zero-order valence-electron chi connectivity index (χ0n) is 13.4. The Morgan fingerprint density at radius 2 is 1.91 bits per heavy atom. The summed E-state index contributed by atoms with van der Waals surface area (Å²) in [6.07, 6.45) is 5.31. The number of carbonyl (C=O) groups excluding carboxylic acids is 1. The van der Waals surface area contributed by atoms with Gasteiger partial charge in [0.05, 0.1) is 12.0 Å². The number of carboxylic acid groups (broad SMARTS) is 1. The molecule has 0 bridgehead atoms. The molecule has 2 N–H and O–H groups in total. The molecular formula is C19H25NO3. The topological polar surface area (TPSA) is 66.4 Å². The van der Waals surface area contributed by atoms with Gasteiger partial charge in [0.2, 0.25) is 0 Å². The Morgan fingerprint density at radius 3 is 2.65 bits per heavy atom. The predicted octanol–water partition coefficient (Wildman–Crippen LogP) is 2.67. The van der Waals surface area contributed by atoms with E-state index >= 15 is 0 Å². The van der Waals surface area contributed by atoms with Gasteiger partial charge < -0.3 is 10.4 Å². The van der Waals surface area contributed by atoms with Crippen molar-refractivity contribution in [2.24, 2.45) is 17.8 Å². The highest BCUT2D eigenvalue weighted by Crippen LogP contribution is 2.36. The number of nitrogens with one attached hydrogen (secondary N) is 1. The van der Waals surface area contributed by atoms with E-state index < -0.39 is 11.9 Å². The summed E-state index contributed by atoms with van der Waals surface area (Å²) in [6.45, 7) is 0.914. The highest BCUT2D eigenvalue weighted by Gasteiger charge is 2.41. The lowest BCUT2D eigenvalue weighted by atomic mass is 9.76. The van der Waals surface area contributed by atoms with Crippen LogP contribution < -0.4 is 5.32 Å². The minimum absolute atomic E-state index is 0.0859. The van der Waals surface area contributed by atoms with E-state index in [9.17, 15) is 14.7 Å². The normalized spacial score (nSPS) is 28.1. The van der Waals surface area contributed by atoms with Crippen molar-refractivity contribution in [1.29, 1.82) is 0 Å². The van der Waals surface area contributed by atoms with E-state index in [-0.39, 0.29) is 18.2 Å². The molecule has 0 unspecified atom stereocenters. The van der Waals surface area contributed by atoms with E-state index in [0.29, 0.717) is 18.3 Å². The summed E-state index contributed by atoms with van der Waals surface area (Å²) in [5.41, 5.74) is 0.975. The van der Waals surface area contributed by atoms with Gasteiger partial charge in [0.25, 0.3) is 0 Å². The molecule has 1 aromatic carbocycles. The second-order valence-corrected chi connectivity index (χ2v) is 6.99. The maximum absolute atomic E-state index is 12.7. The first-order chi connectivity index (χ1) is 11.1. The Bertz CT molecular complexity index is 557. The van der Waals surface area contributed by atoms with Gasteiger partial charge in [0.1, 0.15) is 0 Å². The summed E-state index contributed by atoms with van der Waals surface area (Å²) >= 11 is 0. The molecule has 1 heterocycles. The summed E-state index contributed by atoms with van der Waals surface area (Å²) in [4.78, 5) is 24.2. The van der Waals surface area contributed by atoms with Crippen LogP contribution in [0.1, 0.15) is 37.7 Å². The van der Waals surface area contributed by atoms with Gasteiger partial charge in [-0.05, 0) is 43.2 Å². The van der Waals surface area contributed by atoms with Crippen LogP contribution in [0.15, 0.2) is 30.3 Å². The maximum Gasteiger partial charge on any atom is 0.307 e. The molecule has 0 spiro atoms. The molecule has 4 nitrogen and oxygen atoms in total. The van der Waals surface area contributed by atoms with Crippen LogP contribution in [-0.2, 0) is 16.0 Å². The number of aliphatic carboxylic acids is 1. The standard InChI is InChI=1S/C19H25NO3/c21-17(18-16-9-5-4-8-14(16)12-20-18)11-15(19(22)23)10-13-6-2-1-3-7-13/h1-3,6-7,14-16,18,20H,4-5,8-12H2,(H,22,23)/t14-,15+,16+,18+/m1/s1. The van der Waals surface area contributed by atoms with Crippen molar-refractivity contribution in [3.63, 3.8) is 0 Å². The number of carbonyl (C=O) groups is 2. The average Bonchev–Trinajstić information content (AvgIpc) is 2.99. The van der Waals surface area contributed by atoms with Gasteiger partial charge in [-0.3, -0.25) is 9.59 Å². The summed E-state index contributed by atoms with van der Waals surface area (Å²) < 4.78 is 0. The van der Waals surface area contributed by atoms with Gasteiger partial charge in [-0.15, -0.1) is 0 Å². The highest BCUT2D eigenvalue weighted by molar-refractivity contribution is 5.88. The molecule has 4 heteroatoms. The molecule has 23 heavy (non-hydrogen) atoms. The SMILES string of the molecule is O=C(O)[C@H](CC(=O)[C@H]1NC[C@H]2CCCC[C@@H]21)Cc1ccccc1. The van der Waals surface area contributed by atoms with Crippen LogP contribution in [0.2, 0.25) is 0 Å². The van der Waals surface area contributed by atoms with Crippen molar-refractivity contribution in [2.75, 3.05) is 6.54 Å². The largest absolute Gasteiger partial charge is 0.481 e. The zero-order valence-corrected chi connectivity index (χ0v) is 13.4. The molecule has 124 valence electrons. The van der Waals surface area contributed by atoms with E-state index in [1.807, 2.05) is 30.3 Å². The van der Waals surface area contributed by atoms with Crippen LogP contribution in [0.4, 0.5) is 0 Å². The predicted molar refractivity (Wildman–Crippen MR) is 88.1 cm³/mol. The third-order valence-corrected chi connectivity index (χ3v) is 5.46. The molecule has 0 aromatic heterocycles. The van der Waals surface area contributed by atoms with E-state index in [1.54, 1.807) is 0 Å². The molecule has 1 aliphatic carbocycles. The summed E-state index contributed by atoms with van der Waals surface area (Å²) in [6, 6.07) is 9.44. The average molecular weight is 315 g/mol. The van der Waals surface area contributed by atoms with E-state index in [1.165, 1.54) is 19.3 Å². The molecule has 0 amide bonds. The number of carboxylic acids is 1. The number of benzene rings is 1. The minimum atomic E-state index is -0.875. The van der Waals surface area contributed by atoms with Gasteiger partial charge in [0, 0.05) is 6.42 Å². The fourth-order valence-electron chi connectivity index (χ4n) is 4.23. The quantitative estimate of drug-likeness (QED) is 0.847. The molecule has 2 aliphatic rings. The molecule has 1 saturated heterocycles. The van der Waals surface area contributed by atoms with Gasteiger partial charge in [-0.25, -0.2) is 0 Å². The molecule has 1 aromatic rings. The van der Waals surface area contributed by atoms with Crippen molar-refractivity contribution in [3.05, 3.63) is 35.9 Å². The van der Waals surface area contributed by atoms with Crippen LogP contribution in [-0.4, -0.2) is 29.4 Å². The van der Waals surface area contributed by atoms with E-state index in [0.717, 1.165) is 18.5 Å². The molecule has 2 fully saturated rings. The first kappa shape index (κ1) is 16.2. The van der Waals surface area contributed by atoms with Crippen LogP contribution in [0, 0.1) is 17.8 Å². The number of ketones is 1. The van der Waals surface area contributed by atoms with Gasteiger partial charge in [-0.1, -0.05) is 43.2 Å². The number of hydrogen-bond donors (Lipinski definition) is 2. The number of hydrogen-bond acceptors (Lipinski definition) is 3. The second-order valence-electron chi connectivity index (χ2n) is 6.99. The summed E-state index contributed by atoms with van der Waals surface area (Å²) in [5.74, 6) is -0.394. The van der Waals surface area contributed by atoms with Crippen molar-refractivity contribution < 1.29 is 14.7 Å². The maximum atomic E-state index is 12.7. The monoisotopic (exact) mass is 315 g/mol. The first-order valence-corrected chi connectivity index (χ1v) is 8.68. The highest BCUT2D eigenvalue weighted by atomic mass is 16.4. The van der Waals surface area contributed by atoms with Crippen LogP contribution in [0.5, 0.6) is 0 Å². The number of fused-ring (bicyclic) bond motifs is 1. The Labute approximate surface area is 137 Å².